The summed E-state index contributed by atoms with van der Waals surface area (Å²) in [6, 6.07) is 0. The molecule has 104 valence electrons. The molecule has 1 saturated heterocycles. The van der Waals surface area contributed by atoms with Crippen molar-refractivity contribution in [1.82, 2.24) is 9.80 Å². The third-order valence-corrected chi connectivity index (χ3v) is 4.46. The standard InChI is InChI=1S/C14H25ClN2O/c15-7-8-16-9-11-17(12-10-16)14(18)13-5-3-1-2-4-6-13/h13H,1-12H2. The van der Waals surface area contributed by atoms with E-state index in [1.54, 1.807) is 0 Å². The number of nitrogens with zero attached hydrogens (tertiary/aromatic N) is 2. The maximum atomic E-state index is 12.5. The van der Waals surface area contributed by atoms with Crippen molar-refractivity contribution in [3.63, 3.8) is 0 Å². The summed E-state index contributed by atoms with van der Waals surface area (Å²) in [6.07, 6.45) is 7.33. The van der Waals surface area contributed by atoms with Crippen molar-refractivity contribution in [2.75, 3.05) is 38.6 Å². The first-order valence-electron chi connectivity index (χ1n) is 7.38. The Morgan fingerprint density at radius 1 is 1.00 bits per heavy atom. The SMILES string of the molecule is O=C(C1CCCCCC1)N1CCN(CCCl)CC1. The van der Waals surface area contributed by atoms with Gasteiger partial charge in [-0.25, -0.2) is 0 Å². The van der Waals surface area contributed by atoms with Crippen LogP contribution in [0.25, 0.3) is 0 Å². The second kappa shape index (κ2) is 7.34. The minimum absolute atomic E-state index is 0.312. The van der Waals surface area contributed by atoms with E-state index in [0.29, 0.717) is 17.7 Å². The van der Waals surface area contributed by atoms with Crippen molar-refractivity contribution in [3.8, 4) is 0 Å². The summed E-state index contributed by atoms with van der Waals surface area (Å²) < 4.78 is 0. The molecule has 2 rings (SSSR count). The molecule has 2 fully saturated rings. The van der Waals surface area contributed by atoms with Crippen LogP contribution in [0.4, 0.5) is 0 Å². The summed E-state index contributed by atoms with van der Waals surface area (Å²) in [6.45, 7) is 4.72. The molecular formula is C14H25ClN2O. The molecule has 18 heavy (non-hydrogen) atoms. The number of rotatable bonds is 3. The van der Waals surface area contributed by atoms with Crippen molar-refractivity contribution >= 4 is 17.5 Å². The van der Waals surface area contributed by atoms with Crippen molar-refractivity contribution in [3.05, 3.63) is 0 Å². The molecule has 1 aliphatic heterocycles. The predicted octanol–water partition coefficient (Wildman–Crippen LogP) is 2.34. The highest BCUT2D eigenvalue weighted by Crippen LogP contribution is 2.25. The Labute approximate surface area is 115 Å². The highest BCUT2D eigenvalue weighted by molar-refractivity contribution is 6.18. The van der Waals surface area contributed by atoms with E-state index in [4.69, 9.17) is 11.6 Å². The van der Waals surface area contributed by atoms with Crippen molar-refractivity contribution in [2.45, 2.75) is 38.5 Å². The van der Waals surface area contributed by atoms with Gasteiger partial charge in [0, 0.05) is 44.5 Å². The lowest BCUT2D eigenvalue weighted by Gasteiger charge is -2.36. The largest absolute Gasteiger partial charge is 0.340 e. The van der Waals surface area contributed by atoms with E-state index >= 15 is 0 Å². The normalized spacial score (nSPS) is 23.9. The molecule has 0 N–H and O–H groups in total. The quantitative estimate of drug-likeness (QED) is 0.582. The molecule has 2 aliphatic rings. The zero-order chi connectivity index (χ0) is 12.8. The number of hydrogen-bond donors (Lipinski definition) is 0. The second-order valence-electron chi connectivity index (χ2n) is 5.54. The first kappa shape index (κ1) is 14.1. The van der Waals surface area contributed by atoms with Crippen molar-refractivity contribution < 1.29 is 4.79 Å². The van der Waals surface area contributed by atoms with Crippen LogP contribution in [0.5, 0.6) is 0 Å². The van der Waals surface area contributed by atoms with E-state index in [9.17, 15) is 4.79 Å². The average molecular weight is 273 g/mol. The smallest absolute Gasteiger partial charge is 0.225 e. The number of piperazine rings is 1. The van der Waals surface area contributed by atoms with Crippen molar-refractivity contribution in [2.24, 2.45) is 5.92 Å². The fraction of sp³-hybridized carbons (Fsp3) is 0.929. The lowest BCUT2D eigenvalue weighted by atomic mass is 9.98. The molecule has 0 atom stereocenters. The van der Waals surface area contributed by atoms with Gasteiger partial charge < -0.3 is 4.90 Å². The number of hydrogen-bond acceptors (Lipinski definition) is 2. The molecule has 3 nitrogen and oxygen atoms in total. The Bertz CT molecular complexity index is 257. The molecule has 0 spiro atoms. The van der Waals surface area contributed by atoms with Gasteiger partial charge in [-0.1, -0.05) is 25.7 Å². The van der Waals surface area contributed by atoms with Crippen LogP contribution >= 0.6 is 11.6 Å². The predicted molar refractivity (Wildman–Crippen MR) is 74.9 cm³/mol. The van der Waals surface area contributed by atoms with E-state index in [1.165, 1.54) is 25.7 Å². The summed E-state index contributed by atoms with van der Waals surface area (Å²) >= 11 is 5.75. The molecule has 0 aromatic carbocycles. The molecule has 0 aromatic rings. The first-order valence-corrected chi connectivity index (χ1v) is 7.92. The minimum Gasteiger partial charge on any atom is -0.340 e. The molecule has 1 aliphatic carbocycles. The maximum absolute atomic E-state index is 12.5. The highest BCUT2D eigenvalue weighted by Gasteiger charge is 2.27. The Morgan fingerprint density at radius 2 is 1.61 bits per heavy atom. The fourth-order valence-corrected chi connectivity index (χ4v) is 3.33. The monoisotopic (exact) mass is 272 g/mol. The van der Waals surface area contributed by atoms with E-state index in [-0.39, 0.29) is 0 Å². The lowest BCUT2D eigenvalue weighted by molar-refractivity contribution is -0.137. The van der Waals surface area contributed by atoms with Gasteiger partial charge in [-0.05, 0) is 12.8 Å². The van der Waals surface area contributed by atoms with E-state index in [1.807, 2.05) is 0 Å². The Balaban J connectivity index is 1.79. The zero-order valence-electron chi connectivity index (χ0n) is 11.2. The summed E-state index contributed by atoms with van der Waals surface area (Å²) in [7, 11) is 0. The van der Waals surface area contributed by atoms with Gasteiger partial charge in [-0.3, -0.25) is 9.69 Å². The van der Waals surface area contributed by atoms with E-state index < -0.39 is 0 Å². The summed E-state index contributed by atoms with van der Waals surface area (Å²) in [5.74, 6) is 1.42. The third-order valence-electron chi connectivity index (χ3n) is 4.29. The highest BCUT2D eigenvalue weighted by atomic mass is 35.5. The summed E-state index contributed by atoms with van der Waals surface area (Å²) in [4.78, 5) is 16.9. The molecule has 1 heterocycles. The molecule has 1 saturated carbocycles. The van der Waals surface area contributed by atoms with Crippen LogP contribution in [-0.2, 0) is 4.79 Å². The van der Waals surface area contributed by atoms with Gasteiger partial charge in [0.15, 0.2) is 0 Å². The number of carbonyl (C=O) groups excluding carboxylic acids is 1. The van der Waals surface area contributed by atoms with Crippen molar-refractivity contribution in [1.29, 1.82) is 0 Å². The van der Waals surface area contributed by atoms with Crippen LogP contribution in [0, 0.1) is 5.92 Å². The van der Waals surface area contributed by atoms with Gasteiger partial charge in [0.2, 0.25) is 5.91 Å². The fourth-order valence-electron chi connectivity index (χ4n) is 3.10. The molecule has 0 aromatic heterocycles. The van der Waals surface area contributed by atoms with Gasteiger partial charge in [-0.15, -0.1) is 11.6 Å². The molecule has 4 heteroatoms. The van der Waals surface area contributed by atoms with Crippen LogP contribution < -0.4 is 0 Å². The van der Waals surface area contributed by atoms with Crippen LogP contribution in [-0.4, -0.2) is 54.3 Å². The number of alkyl halides is 1. The third kappa shape index (κ3) is 3.86. The maximum Gasteiger partial charge on any atom is 0.225 e. The van der Waals surface area contributed by atoms with Crippen LogP contribution in [0.2, 0.25) is 0 Å². The number of carbonyl (C=O) groups is 1. The number of halogens is 1. The van der Waals surface area contributed by atoms with Gasteiger partial charge in [0.25, 0.3) is 0 Å². The molecule has 0 bridgehead atoms. The second-order valence-corrected chi connectivity index (χ2v) is 5.92. The van der Waals surface area contributed by atoms with Crippen LogP contribution in [0.15, 0.2) is 0 Å². The Kier molecular flexibility index (Phi) is 5.77. The molecule has 0 radical (unpaired) electrons. The van der Waals surface area contributed by atoms with E-state index in [0.717, 1.165) is 45.6 Å². The average Bonchev–Trinajstić information content (AvgIpc) is 2.68. The van der Waals surface area contributed by atoms with Gasteiger partial charge in [0.05, 0.1) is 0 Å². The number of amides is 1. The Morgan fingerprint density at radius 3 is 2.17 bits per heavy atom. The molecule has 1 amide bonds. The van der Waals surface area contributed by atoms with Gasteiger partial charge in [0.1, 0.15) is 0 Å². The van der Waals surface area contributed by atoms with Crippen LogP contribution in [0.1, 0.15) is 38.5 Å². The van der Waals surface area contributed by atoms with Gasteiger partial charge in [-0.2, -0.15) is 0 Å². The lowest BCUT2D eigenvalue weighted by Crippen LogP contribution is -2.50. The molecular weight excluding hydrogens is 248 g/mol. The van der Waals surface area contributed by atoms with E-state index in [2.05, 4.69) is 9.80 Å². The first-order chi connectivity index (χ1) is 8.81. The van der Waals surface area contributed by atoms with Crippen LogP contribution in [0.3, 0.4) is 0 Å². The summed E-state index contributed by atoms with van der Waals surface area (Å²) in [5, 5.41) is 0. The topological polar surface area (TPSA) is 23.6 Å². The summed E-state index contributed by atoms with van der Waals surface area (Å²) in [5.41, 5.74) is 0. The van der Waals surface area contributed by atoms with Gasteiger partial charge >= 0.3 is 0 Å². The Hall–Kier alpha value is -0.280. The zero-order valence-corrected chi connectivity index (χ0v) is 12.0. The molecule has 0 unspecified atom stereocenters. The minimum atomic E-state index is 0.312.